The van der Waals surface area contributed by atoms with Crippen LogP contribution < -0.4 is 15.4 Å². The molecule has 4 rings (SSSR count). The molecule has 2 aromatic carbocycles. The molecule has 6 nitrogen and oxygen atoms in total. The van der Waals surface area contributed by atoms with Crippen LogP contribution in [0.5, 0.6) is 5.75 Å². The maximum absolute atomic E-state index is 13.4. The maximum Gasteiger partial charge on any atom is 0.257 e. The summed E-state index contributed by atoms with van der Waals surface area (Å²) in [5, 5.41) is 7.19. The first-order chi connectivity index (χ1) is 18.0. The Labute approximate surface area is 222 Å². The average Bonchev–Trinajstić information content (AvgIpc) is 3.25. The van der Waals surface area contributed by atoms with Crippen LogP contribution in [0.3, 0.4) is 0 Å². The van der Waals surface area contributed by atoms with Crippen molar-refractivity contribution in [2.75, 3.05) is 19.7 Å². The summed E-state index contributed by atoms with van der Waals surface area (Å²) in [6.07, 6.45) is 16.1. The van der Waals surface area contributed by atoms with E-state index in [9.17, 15) is 9.00 Å². The fourth-order valence-electron chi connectivity index (χ4n) is 4.85. The van der Waals surface area contributed by atoms with Crippen LogP contribution in [0.15, 0.2) is 53.6 Å². The van der Waals surface area contributed by atoms with Gasteiger partial charge in [-0.2, -0.15) is 0 Å². The van der Waals surface area contributed by atoms with Gasteiger partial charge in [-0.1, -0.05) is 55.7 Å². The molecule has 3 aromatic rings. The van der Waals surface area contributed by atoms with E-state index in [1.807, 2.05) is 55.6 Å². The second kappa shape index (κ2) is 13.5. The Balaban J connectivity index is 1.45. The van der Waals surface area contributed by atoms with Crippen molar-refractivity contribution in [2.45, 2.75) is 63.3 Å². The molecule has 37 heavy (non-hydrogen) atoms. The zero-order valence-electron chi connectivity index (χ0n) is 21.6. The standard InChI is InChI=1S/C30H37N3O3S/c1-3-17-31-20-25-21-33(37(35)27-14-11-23(2)12-15-27)29-16-13-26(18-28(25)29)36-22-30(34)32-19-24-9-7-5-4-6-8-10-24/h1,11-16,18,21,24,31H,4-10,17,19-20,22H2,2H3,(H,32,34). The van der Waals surface area contributed by atoms with Crippen molar-refractivity contribution in [2.24, 2.45) is 5.92 Å². The van der Waals surface area contributed by atoms with Gasteiger partial charge >= 0.3 is 0 Å². The van der Waals surface area contributed by atoms with E-state index in [1.54, 1.807) is 3.97 Å². The lowest BCUT2D eigenvalue weighted by Crippen LogP contribution is -2.33. The Morgan fingerprint density at radius 2 is 1.84 bits per heavy atom. The summed E-state index contributed by atoms with van der Waals surface area (Å²) in [7, 11) is -1.40. The van der Waals surface area contributed by atoms with E-state index in [-0.39, 0.29) is 12.5 Å². The van der Waals surface area contributed by atoms with E-state index in [1.165, 1.54) is 44.9 Å². The molecule has 0 saturated heterocycles. The van der Waals surface area contributed by atoms with Crippen molar-refractivity contribution in [1.82, 2.24) is 14.6 Å². The van der Waals surface area contributed by atoms with E-state index >= 15 is 0 Å². The van der Waals surface area contributed by atoms with Gasteiger partial charge in [0.05, 0.1) is 17.0 Å². The monoisotopic (exact) mass is 519 g/mol. The highest BCUT2D eigenvalue weighted by Gasteiger charge is 2.16. The largest absolute Gasteiger partial charge is 0.484 e. The number of aromatic nitrogens is 1. The van der Waals surface area contributed by atoms with Gasteiger partial charge in [0.2, 0.25) is 0 Å². The predicted octanol–water partition coefficient (Wildman–Crippen LogP) is 5.10. The molecule has 1 aliphatic rings. The van der Waals surface area contributed by atoms with Gasteiger partial charge < -0.3 is 15.4 Å². The number of aryl methyl sites for hydroxylation is 1. The maximum atomic E-state index is 13.4. The van der Waals surface area contributed by atoms with Gasteiger partial charge in [-0.25, -0.2) is 4.21 Å². The number of carbonyl (C=O) groups excluding carboxylic acids is 1. The number of nitrogens with one attached hydrogen (secondary N) is 2. The molecule has 1 saturated carbocycles. The Morgan fingerprint density at radius 3 is 2.57 bits per heavy atom. The average molecular weight is 520 g/mol. The van der Waals surface area contributed by atoms with Crippen LogP contribution in [0.4, 0.5) is 0 Å². The van der Waals surface area contributed by atoms with E-state index in [4.69, 9.17) is 11.2 Å². The Hall–Kier alpha value is -3.08. The molecule has 1 unspecified atom stereocenters. The Morgan fingerprint density at radius 1 is 1.11 bits per heavy atom. The lowest BCUT2D eigenvalue weighted by molar-refractivity contribution is -0.123. The number of ether oxygens (including phenoxy) is 1. The number of terminal acetylenes is 1. The molecule has 1 amide bonds. The zero-order valence-corrected chi connectivity index (χ0v) is 22.4. The number of carbonyl (C=O) groups is 1. The number of amides is 1. The molecular formula is C30H37N3O3S. The fraction of sp³-hybridized carbons (Fsp3) is 0.433. The highest BCUT2D eigenvalue weighted by Crippen LogP contribution is 2.28. The van der Waals surface area contributed by atoms with Crippen molar-refractivity contribution >= 4 is 27.8 Å². The molecular weight excluding hydrogens is 482 g/mol. The van der Waals surface area contributed by atoms with E-state index in [2.05, 4.69) is 16.6 Å². The summed E-state index contributed by atoms with van der Waals surface area (Å²) in [6, 6.07) is 13.3. The fourth-order valence-corrected chi connectivity index (χ4v) is 6.01. The highest BCUT2D eigenvalue weighted by molar-refractivity contribution is 7.83. The quantitative estimate of drug-likeness (QED) is 0.289. The van der Waals surface area contributed by atoms with Crippen LogP contribution in [-0.2, 0) is 22.3 Å². The third-order valence-electron chi connectivity index (χ3n) is 6.95. The van der Waals surface area contributed by atoms with Crippen LogP contribution >= 0.6 is 0 Å². The first-order valence-electron chi connectivity index (χ1n) is 13.2. The first-order valence-corrected chi connectivity index (χ1v) is 14.3. The summed E-state index contributed by atoms with van der Waals surface area (Å²) in [5.41, 5.74) is 2.91. The summed E-state index contributed by atoms with van der Waals surface area (Å²) in [6.45, 7) is 3.67. The molecule has 0 spiro atoms. The summed E-state index contributed by atoms with van der Waals surface area (Å²) in [4.78, 5) is 13.2. The molecule has 1 atom stereocenters. The molecule has 1 heterocycles. The Bertz CT molecular complexity index is 1250. The minimum atomic E-state index is -1.40. The molecule has 1 fully saturated rings. The summed E-state index contributed by atoms with van der Waals surface area (Å²) >= 11 is 0. The highest BCUT2D eigenvalue weighted by atomic mass is 32.2. The van der Waals surface area contributed by atoms with Gasteiger partial charge in [-0.15, -0.1) is 6.42 Å². The van der Waals surface area contributed by atoms with E-state index in [0.29, 0.717) is 24.8 Å². The lowest BCUT2D eigenvalue weighted by Gasteiger charge is -2.20. The molecule has 0 radical (unpaired) electrons. The van der Waals surface area contributed by atoms with Gasteiger partial charge in [0.15, 0.2) is 17.6 Å². The van der Waals surface area contributed by atoms with Gasteiger partial charge in [-0.3, -0.25) is 8.77 Å². The molecule has 2 N–H and O–H groups in total. The van der Waals surface area contributed by atoms with Gasteiger partial charge in [0, 0.05) is 24.7 Å². The van der Waals surface area contributed by atoms with Crippen LogP contribution in [0, 0.1) is 25.2 Å². The molecule has 196 valence electrons. The topological polar surface area (TPSA) is 72.4 Å². The van der Waals surface area contributed by atoms with Crippen molar-refractivity contribution in [1.29, 1.82) is 0 Å². The number of benzene rings is 2. The number of nitrogens with zero attached hydrogens (tertiary/aromatic N) is 1. The molecule has 0 aliphatic heterocycles. The van der Waals surface area contributed by atoms with Gasteiger partial charge in [-0.05, 0) is 61.6 Å². The molecule has 7 heteroatoms. The summed E-state index contributed by atoms with van der Waals surface area (Å²) < 4.78 is 21.0. The molecule has 1 aliphatic carbocycles. The predicted molar refractivity (Wildman–Crippen MR) is 150 cm³/mol. The van der Waals surface area contributed by atoms with E-state index < -0.39 is 11.0 Å². The van der Waals surface area contributed by atoms with Crippen molar-refractivity contribution in [3.8, 4) is 18.1 Å². The smallest absolute Gasteiger partial charge is 0.257 e. The van der Waals surface area contributed by atoms with Crippen molar-refractivity contribution < 1.29 is 13.7 Å². The van der Waals surface area contributed by atoms with Crippen LogP contribution in [0.1, 0.15) is 56.1 Å². The molecule has 0 bridgehead atoms. The zero-order chi connectivity index (χ0) is 26.0. The van der Waals surface area contributed by atoms with Crippen LogP contribution in [0.2, 0.25) is 0 Å². The SMILES string of the molecule is C#CCNCc1cn(S(=O)c2ccc(C)cc2)c2ccc(OCC(=O)NCC3CCCCCCC3)cc12. The lowest BCUT2D eigenvalue weighted by atomic mass is 9.91. The first kappa shape index (κ1) is 27.0. The van der Waals surface area contributed by atoms with Crippen LogP contribution in [-0.4, -0.2) is 33.8 Å². The Kier molecular flexibility index (Phi) is 9.81. The minimum absolute atomic E-state index is 0.0289. The second-order valence-electron chi connectivity index (χ2n) is 9.83. The van der Waals surface area contributed by atoms with Crippen LogP contribution in [0.25, 0.3) is 10.9 Å². The van der Waals surface area contributed by atoms with Gasteiger partial charge in [0.1, 0.15) is 5.75 Å². The second-order valence-corrected chi connectivity index (χ2v) is 11.2. The van der Waals surface area contributed by atoms with Gasteiger partial charge in [0.25, 0.3) is 5.91 Å². The third-order valence-corrected chi connectivity index (χ3v) is 8.29. The number of rotatable bonds is 10. The number of fused-ring (bicyclic) bond motifs is 1. The third kappa shape index (κ3) is 7.47. The molecule has 1 aromatic heterocycles. The minimum Gasteiger partial charge on any atom is -0.484 e. The number of hydrogen-bond donors (Lipinski definition) is 2. The number of hydrogen-bond acceptors (Lipinski definition) is 4. The normalized spacial score (nSPS) is 15.5. The van der Waals surface area contributed by atoms with Crippen molar-refractivity contribution in [3.05, 3.63) is 59.8 Å². The van der Waals surface area contributed by atoms with E-state index in [0.717, 1.165) is 33.5 Å². The summed E-state index contributed by atoms with van der Waals surface area (Å²) in [5.74, 6) is 3.65. The van der Waals surface area contributed by atoms with Crippen molar-refractivity contribution in [3.63, 3.8) is 0 Å².